The van der Waals surface area contributed by atoms with Gasteiger partial charge in [0.05, 0.1) is 24.6 Å². The fourth-order valence-corrected chi connectivity index (χ4v) is 5.47. The number of rotatable bonds is 8. The molecule has 0 atom stereocenters. The number of nitrogens with zero attached hydrogens (tertiary/aromatic N) is 2. The highest BCUT2D eigenvalue weighted by molar-refractivity contribution is 6.09. The molecule has 0 saturated carbocycles. The molecule has 0 bridgehead atoms. The number of hydrogen-bond acceptors (Lipinski definition) is 5. The van der Waals surface area contributed by atoms with Crippen LogP contribution in [0, 0.1) is 6.92 Å². The van der Waals surface area contributed by atoms with Crippen LogP contribution < -0.4 is 10.6 Å². The van der Waals surface area contributed by atoms with E-state index >= 15 is 0 Å². The van der Waals surface area contributed by atoms with Gasteiger partial charge in [0.1, 0.15) is 0 Å². The molecule has 220 valence electrons. The van der Waals surface area contributed by atoms with Crippen LogP contribution >= 0.6 is 0 Å². The number of nitrogens with one attached hydrogen (secondary N) is 2. The zero-order valence-electron chi connectivity index (χ0n) is 25.2. The zero-order chi connectivity index (χ0) is 29.7. The van der Waals surface area contributed by atoms with Crippen LogP contribution in [0.5, 0.6) is 0 Å². The van der Waals surface area contributed by atoms with Crippen LogP contribution in [0.4, 0.5) is 16.2 Å². The van der Waals surface area contributed by atoms with E-state index in [-0.39, 0.29) is 18.1 Å². The van der Waals surface area contributed by atoms with E-state index in [0.29, 0.717) is 6.42 Å². The van der Waals surface area contributed by atoms with Crippen molar-refractivity contribution in [2.24, 2.45) is 0 Å². The van der Waals surface area contributed by atoms with Gasteiger partial charge in [-0.2, -0.15) is 0 Å². The second-order valence-corrected chi connectivity index (χ2v) is 12.1. The summed E-state index contributed by atoms with van der Waals surface area (Å²) < 4.78 is 5.46. The van der Waals surface area contributed by atoms with Crippen LogP contribution in [0.3, 0.4) is 0 Å². The molecule has 0 spiro atoms. The van der Waals surface area contributed by atoms with Gasteiger partial charge in [-0.1, -0.05) is 63.2 Å². The minimum atomic E-state index is -0.288. The number of morpholine rings is 1. The number of amides is 2. The van der Waals surface area contributed by atoms with E-state index in [1.54, 1.807) is 0 Å². The first-order valence-electron chi connectivity index (χ1n) is 14.8. The molecule has 7 heteroatoms. The van der Waals surface area contributed by atoms with Crippen LogP contribution in [0.25, 0.3) is 21.9 Å². The lowest BCUT2D eigenvalue weighted by Crippen LogP contribution is -2.35. The van der Waals surface area contributed by atoms with Crippen molar-refractivity contribution in [3.63, 3.8) is 0 Å². The van der Waals surface area contributed by atoms with E-state index in [1.807, 2.05) is 37.4 Å². The van der Waals surface area contributed by atoms with Gasteiger partial charge in [0.15, 0.2) is 0 Å². The normalized spacial score (nSPS) is 14.2. The summed E-state index contributed by atoms with van der Waals surface area (Å²) in [7, 11) is 0. The Morgan fingerprint density at radius 1 is 0.976 bits per heavy atom. The van der Waals surface area contributed by atoms with Gasteiger partial charge < -0.3 is 20.5 Å². The highest BCUT2D eigenvalue weighted by Gasteiger charge is 2.19. The molecule has 3 aromatic carbocycles. The van der Waals surface area contributed by atoms with Gasteiger partial charge in [-0.05, 0) is 71.0 Å². The van der Waals surface area contributed by atoms with E-state index in [9.17, 15) is 9.90 Å². The maximum absolute atomic E-state index is 13.3. The highest BCUT2D eigenvalue weighted by atomic mass is 16.5. The largest absolute Gasteiger partial charge is 0.396 e. The molecule has 2 amide bonds. The Morgan fingerprint density at radius 3 is 2.40 bits per heavy atom. The summed E-state index contributed by atoms with van der Waals surface area (Å²) in [5.74, 6) is 0. The Morgan fingerprint density at radius 2 is 1.71 bits per heavy atom. The molecule has 1 aromatic heterocycles. The van der Waals surface area contributed by atoms with E-state index in [2.05, 4.69) is 72.7 Å². The first-order valence-corrected chi connectivity index (χ1v) is 14.8. The molecule has 2 heterocycles. The number of urea groups is 1. The Balaban J connectivity index is 1.37. The Hall–Kier alpha value is -3.78. The number of carbonyl (C=O) groups excluding carboxylic acids is 1. The molecule has 42 heavy (non-hydrogen) atoms. The average Bonchev–Trinajstić information content (AvgIpc) is 2.98. The SMILES string of the molecule is Cc1c(CCCO)cc(C(C)(C)C)cc1NC(=O)Nc1ccc(-c2ccc(CN3CCOCC3)nc2)c2ccccc12. The van der Waals surface area contributed by atoms with Crippen molar-refractivity contribution in [2.45, 2.75) is 52.5 Å². The van der Waals surface area contributed by atoms with Crippen molar-refractivity contribution in [1.29, 1.82) is 0 Å². The van der Waals surface area contributed by atoms with Crippen LogP contribution in [-0.2, 0) is 23.1 Å². The molecule has 0 unspecified atom stereocenters. The molecule has 5 rings (SSSR count). The number of fused-ring (bicyclic) bond motifs is 1. The van der Waals surface area contributed by atoms with E-state index in [0.717, 1.165) is 94.9 Å². The van der Waals surface area contributed by atoms with Gasteiger partial charge in [0.2, 0.25) is 0 Å². The summed E-state index contributed by atoms with van der Waals surface area (Å²) in [5.41, 5.74) is 7.94. The standard InChI is InChI=1S/C35H42N4O3/c1-24-25(8-7-17-40)20-27(35(2,3)4)21-33(24)38-34(41)37-32-14-13-29(30-9-5-6-10-31(30)32)26-11-12-28(36-22-26)23-39-15-18-42-19-16-39/h5-6,9-14,20-22,40H,7-8,15-19,23H2,1-4H3,(H2,37,38,41). The summed E-state index contributed by atoms with van der Waals surface area (Å²) in [4.78, 5) is 20.5. The van der Waals surface area contributed by atoms with E-state index < -0.39 is 0 Å². The fourth-order valence-electron chi connectivity index (χ4n) is 5.47. The van der Waals surface area contributed by atoms with Gasteiger partial charge in [0, 0.05) is 49.1 Å². The van der Waals surface area contributed by atoms with Gasteiger partial charge >= 0.3 is 6.03 Å². The lowest BCUT2D eigenvalue weighted by molar-refractivity contribution is 0.0336. The predicted octanol–water partition coefficient (Wildman–Crippen LogP) is 6.91. The third-order valence-electron chi connectivity index (χ3n) is 8.03. The Kier molecular flexibility index (Phi) is 9.21. The molecule has 3 N–H and O–H groups in total. The number of ether oxygens (including phenoxy) is 1. The maximum Gasteiger partial charge on any atom is 0.323 e. The van der Waals surface area contributed by atoms with Gasteiger partial charge in [-0.15, -0.1) is 0 Å². The molecular weight excluding hydrogens is 524 g/mol. The number of aliphatic hydroxyl groups excluding tert-OH is 1. The van der Waals surface area contributed by atoms with Gasteiger partial charge in [0.25, 0.3) is 0 Å². The fraction of sp³-hybridized carbons (Fsp3) is 0.371. The zero-order valence-corrected chi connectivity index (χ0v) is 25.2. The third-order valence-corrected chi connectivity index (χ3v) is 8.03. The van der Waals surface area contributed by atoms with Crippen molar-refractivity contribution in [2.75, 3.05) is 43.5 Å². The third kappa shape index (κ3) is 6.98. The molecular formula is C35H42N4O3. The van der Waals surface area contributed by atoms with Crippen molar-refractivity contribution in [3.05, 3.63) is 89.2 Å². The van der Waals surface area contributed by atoms with E-state index in [1.165, 1.54) is 0 Å². The van der Waals surface area contributed by atoms with E-state index in [4.69, 9.17) is 9.72 Å². The second kappa shape index (κ2) is 13.0. The Labute approximate surface area is 248 Å². The topological polar surface area (TPSA) is 86.7 Å². The van der Waals surface area contributed by atoms with Crippen molar-refractivity contribution >= 4 is 28.2 Å². The molecule has 1 saturated heterocycles. The van der Waals surface area contributed by atoms with Crippen molar-refractivity contribution in [1.82, 2.24) is 9.88 Å². The number of hydrogen-bond donors (Lipinski definition) is 3. The molecule has 1 fully saturated rings. The summed E-state index contributed by atoms with van der Waals surface area (Å²) in [6.45, 7) is 12.9. The average molecular weight is 567 g/mol. The Bertz CT molecular complexity index is 1540. The summed E-state index contributed by atoms with van der Waals surface area (Å²) in [5, 5.41) is 17.6. The van der Waals surface area contributed by atoms with Gasteiger partial charge in [-0.3, -0.25) is 9.88 Å². The highest BCUT2D eigenvalue weighted by Crippen LogP contribution is 2.34. The number of aryl methyl sites for hydroxylation is 1. The number of aromatic nitrogens is 1. The second-order valence-electron chi connectivity index (χ2n) is 12.1. The number of benzene rings is 3. The lowest BCUT2D eigenvalue weighted by atomic mass is 9.84. The first-order chi connectivity index (χ1) is 20.2. The molecule has 0 aliphatic carbocycles. The minimum absolute atomic E-state index is 0.0732. The molecule has 4 aromatic rings. The number of aliphatic hydroxyl groups is 1. The van der Waals surface area contributed by atoms with Crippen LogP contribution in [0.1, 0.15) is 49.6 Å². The monoisotopic (exact) mass is 566 g/mol. The van der Waals surface area contributed by atoms with Gasteiger partial charge in [-0.25, -0.2) is 4.79 Å². The molecule has 1 aliphatic rings. The summed E-state index contributed by atoms with van der Waals surface area (Å²) >= 11 is 0. The summed E-state index contributed by atoms with van der Waals surface area (Å²) in [6, 6.07) is 20.3. The minimum Gasteiger partial charge on any atom is -0.396 e. The van der Waals surface area contributed by atoms with Crippen LogP contribution in [0.15, 0.2) is 66.9 Å². The quantitative estimate of drug-likeness (QED) is 0.216. The number of anilines is 2. The lowest BCUT2D eigenvalue weighted by Gasteiger charge is -2.26. The van der Waals surface area contributed by atoms with Crippen LogP contribution in [0.2, 0.25) is 0 Å². The van der Waals surface area contributed by atoms with Crippen molar-refractivity contribution in [3.8, 4) is 11.1 Å². The molecule has 0 radical (unpaired) electrons. The van der Waals surface area contributed by atoms with Crippen molar-refractivity contribution < 1.29 is 14.6 Å². The molecule has 7 nitrogen and oxygen atoms in total. The smallest absolute Gasteiger partial charge is 0.323 e. The first kappa shape index (κ1) is 29.7. The molecule has 1 aliphatic heterocycles. The predicted molar refractivity (Wildman–Crippen MR) is 171 cm³/mol. The number of carbonyl (C=O) groups is 1. The maximum atomic E-state index is 13.3. The number of pyridine rings is 1. The van der Waals surface area contributed by atoms with Crippen LogP contribution in [-0.4, -0.2) is 53.9 Å². The summed E-state index contributed by atoms with van der Waals surface area (Å²) in [6.07, 6.45) is 3.39.